The summed E-state index contributed by atoms with van der Waals surface area (Å²) >= 11 is 0. The molecular weight excluding hydrogens is 162 g/mol. The Balaban J connectivity index is 3.03. The van der Waals surface area contributed by atoms with Gasteiger partial charge in [0, 0.05) is 19.8 Å². The summed E-state index contributed by atoms with van der Waals surface area (Å²) in [6.45, 7) is 3.65. The lowest BCUT2D eigenvalue weighted by molar-refractivity contribution is 0.470. The fourth-order valence-electron chi connectivity index (χ4n) is 1.17. The Hall–Kier alpha value is -1.44. The number of phenols is 1. The largest absolute Gasteiger partial charge is 0.508 e. The van der Waals surface area contributed by atoms with E-state index in [1.54, 1.807) is 12.1 Å². The second-order valence-corrected chi connectivity index (χ2v) is 3.20. The second-order valence-electron chi connectivity index (χ2n) is 3.20. The van der Waals surface area contributed by atoms with Crippen molar-refractivity contribution in [1.29, 1.82) is 0 Å². The average Bonchev–Trinajstić information content (AvgIpc) is 2.08. The molecule has 70 valence electrons. The maximum absolute atomic E-state index is 9.48. The van der Waals surface area contributed by atoms with Crippen LogP contribution in [0, 0.1) is 0 Å². The molecule has 0 unspecified atom stereocenters. The maximum Gasteiger partial charge on any atom is 0.119 e. The van der Waals surface area contributed by atoms with E-state index in [-0.39, 0.29) is 0 Å². The summed E-state index contributed by atoms with van der Waals surface area (Å²) < 4.78 is 0. The highest BCUT2D eigenvalue weighted by Crippen LogP contribution is 2.23. The molecular formula is C11H15NO. The molecule has 0 aliphatic rings. The second kappa shape index (κ2) is 3.99. The molecule has 0 radical (unpaired) electrons. The van der Waals surface area contributed by atoms with Gasteiger partial charge < -0.3 is 10.0 Å². The highest BCUT2D eigenvalue weighted by Gasteiger charge is 2.01. The van der Waals surface area contributed by atoms with Gasteiger partial charge in [-0.25, -0.2) is 0 Å². The molecule has 0 fully saturated rings. The third kappa shape index (κ3) is 2.25. The number of anilines is 1. The van der Waals surface area contributed by atoms with Gasteiger partial charge in [-0.05, 0) is 30.2 Å². The molecule has 0 spiro atoms. The quantitative estimate of drug-likeness (QED) is 0.715. The first-order chi connectivity index (χ1) is 6.15. The van der Waals surface area contributed by atoms with Gasteiger partial charge >= 0.3 is 0 Å². The molecule has 1 rings (SSSR count). The molecule has 0 atom stereocenters. The molecule has 1 aromatic carbocycles. The van der Waals surface area contributed by atoms with Crippen molar-refractivity contribution in [3.05, 3.63) is 36.4 Å². The molecule has 0 bridgehead atoms. The summed E-state index contributed by atoms with van der Waals surface area (Å²) in [5, 5.41) is 9.48. The van der Waals surface area contributed by atoms with Crippen LogP contribution in [0.15, 0.2) is 30.9 Å². The Morgan fingerprint density at radius 2 is 2.15 bits per heavy atom. The zero-order chi connectivity index (χ0) is 9.84. The smallest absolute Gasteiger partial charge is 0.119 e. The van der Waals surface area contributed by atoms with Gasteiger partial charge in [-0.15, -0.1) is 6.58 Å². The number of hydrogen-bond acceptors (Lipinski definition) is 2. The predicted molar refractivity (Wildman–Crippen MR) is 56.3 cm³/mol. The number of allylic oxidation sites excluding steroid dienone is 1. The molecule has 13 heavy (non-hydrogen) atoms. The van der Waals surface area contributed by atoms with Gasteiger partial charge in [-0.1, -0.05) is 6.08 Å². The molecule has 0 aromatic heterocycles. The zero-order valence-corrected chi connectivity index (χ0v) is 8.12. The fourth-order valence-corrected chi connectivity index (χ4v) is 1.17. The van der Waals surface area contributed by atoms with Crippen LogP contribution in [-0.2, 0) is 6.42 Å². The van der Waals surface area contributed by atoms with Crippen LogP contribution in [0.3, 0.4) is 0 Å². The van der Waals surface area contributed by atoms with Gasteiger partial charge in [-0.3, -0.25) is 0 Å². The van der Waals surface area contributed by atoms with E-state index in [2.05, 4.69) is 6.58 Å². The van der Waals surface area contributed by atoms with Crippen molar-refractivity contribution >= 4 is 5.69 Å². The first kappa shape index (κ1) is 9.65. The molecule has 0 saturated heterocycles. The number of rotatable bonds is 3. The molecule has 0 heterocycles. The average molecular weight is 177 g/mol. The highest BCUT2D eigenvalue weighted by atomic mass is 16.3. The number of benzene rings is 1. The summed E-state index contributed by atoms with van der Waals surface area (Å²) in [5.74, 6) is 0.338. The fraction of sp³-hybridized carbons (Fsp3) is 0.273. The van der Waals surface area contributed by atoms with E-state index in [4.69, 9.17) is 0 Å². The van der Waals surface area contributed by atoms with Gasteiger partial charge in [0.1, 0.15) is 5.75 Å². The minimum Gasteiger partial charge on any atom is -0.508 e. The number of phenolic OH excluding ortho intramolecular Hbond substituents is 1. The summed E-state index contributed by atoms with van der Waals surface area (Å²) in [4.78, 5) is 2.01. The molecule has 0 aliphatic carbocycles. The van der Waals surface area contributed by atoms with Crippen LogP contribution in [0.4, 0.5) is 5.69 Å². The van der Waals surface area contributed by atoms with E-state index < -0.39 is 0 Å². The van der Waals surface area contributed by atoms with Crippen LogP contribution < -0.4 is 4.90 Å². The van der Waals surface area contributed by atoms with E-state index in [0.29, 0.717) is 12.2 Å². The van der Waals surface area contributed by atoms with Crippen LogP contribution in [0.1, 0.15) is 5.56 Å². The molecule has 0 saturated carbocycles. The van der Waals surface area contributed by atoms with Gasteiger partial charge in [0.25, 0.3) is 0 Å². The third-order valence-corrected chi connectivity index (χ3v) is 1.94. The lowest BCUT2D eigenvalue weighted by Gasteiger charge is -2.13. The Morgan fingerprint density at radius 3 is 2.69 bits per heavy atom. The predicted octanol–water partition coefficient (Wildman–Crippen LogP) is 2.19. The first-order valence-corrected chi connectivity index (χ1v) is 4.25. The van der Waals surface area contributed by atoms with Crippen LogP contribution >= 0.6 is 0 Å². The molecule has 0 aliphatic heterocycles. The molecule has 0 amide bonds. The minimum atomic E-state index is 0.338. The lowest BCUT2D eigenvalue weighted by Crippen LogP contribution is -2.08. The summed E-state index contributed by atoms with van der Waals surface area (Å²) in [7, 11) is 3.95. The number of nitrogens with zero attached hydrogens (tertiary/aromatic N) is 1. The third-order valence-electron chi connectivity index (χ3n) is 1.94. The SMILES string of the molecule is C=CCc1cc(N(C)C)ccc1O. The monoisotopic (exact) mass is 177 g/mol. The lowest BCUT2D eigenvalue weighted by atomic mass is 10.1. The van der Waals surface area contributed by atoms with E-state index in [1.165, 1.54) is 0 Å². The first-order valence-electron chi connectivity index (χ1n) is 4.25. The Morgan fingerprint density at radius 1 is 1.46 bits per heavy atom. The summed E-state index contributed by atoms with van der Waals surface area (Å²) in [6, 6.07) is 5.58. The molecule has 1 N–H and O–H groups in total. The maximum atomic E-state index is 9.48. The van der Waals surface area contributed by atoms with Gasteiger partial charge in [0.2, 0.25) is 0 Å². The molecule has 1 aromatic rings. The number of aromatic hydroxyl groups is 1. The Kier molecular flexibility index (Phi) is 2.96. The van der Waals surface area contributed by atoms with Crippen LogP contribution in [0.5, 0.6) is 5.75 Å². The van der Waals surface area contributed by atoms with Gasteiger partial charge in [0.15, 0.2) is 0 Å². The van der Waals surface area contributed by atoms with Gasteiger partial charge in [0.05, 0.1) is 0 Å². The van der Waals surface area contributed by atoms with E-state index in [1.807, 2.05) is 31.1 Å². The minimum absolute atomic E-state index is 0.338. The normalized spacial score (nSPS) is 9.69. The van der Waals surface area contributed by atoms with Crippen molar-refractivity contribution < 1.29 is 5.11 Å². The summed E-state index contributed by atoms with van der Waals surface area (Å²) in [5.41, 5.74) is 2.01. The van der Waals surface area contributed by atoms with Crippen molar-refractivity contribution in [2.75, 3.05) is 19.0 Å². The Labute approximate surface area is 79.1 Å². The topological polar surface area (TPSA) is 23.5 Å². The van der Waals surface area contributed by atoms with Crippen LogP contribution in [0.2, 0.25) is 0 Å². The summed E-state index contributed by atoms with van der Waals surface area (Å²) in [6.07, 6.45) is 2.49. The zero-order valence-electron chi connectivity index (χ0n) is 8.12. The van der Waals surface area contributed by atoms with Gasteiger partial charge in [-0.2, -0.15) is 0 Å². The van der Waals surface area contributed by atoms with Crippen molar-refractivity contribution in [1.82, 2.24) is 0 Å². The van der Waals surface area contributed by atoms with E-state index in [9.17, 15) is 5.11 Å². The number of hydrogen-bond donors (Lipinski definition) is 1. The highest BCUT2D eigenvalue weighted by molar-refractivity contribution is 5.52. The molecule has 2 nitrogen and oxygen atoms in total. The van der Waals surface area contributed by atoms with E-state index in [0.717, 1.165) is 11.3 Å². The Bertz CT molecular complexity index is 305. The van der Waals surface area contributed by atoms with E-state index >= 15 is 0 Å². The van der Waals surface area contributed by atoms with Crippen molar-refractivity contribution in [3.8, 4) is 5.75 Å². The van der Waals surface area contributed by atoms with Crippen molar-refractivity contribution in [2.24, 2.45) is 0 Å². The van der Waals surface area contributed by atoms with Crippen LogP contribution in [0.25, 0.3) is 0 Å². The van der Waals surface area contributed by atoms with Crippen molar-refractivity contribution in [2.45, 2.75) is 6.42 Å². The molecule has 2 heteroatoms. The van der Waals surface area contributed by atoms with Crippen LogP contribution in [-0.4, -0.2) is 19.2 Å². The standard InChI is InChI=1S/C11H15NO/c1-4-5-9-8-10(12(2)3)6-7-11(9)13/h4,6-8,13H,1,5H2,2-3H3. The van der Waals surface area contributed by atoms with Crippen molar-refractivity contribution in [3.63, 3.8) is 0 Å².